The first-order chi connectivity index (χ1) is 8.99. The summed E-state index contributed by atoms with van der Waals surface area (Å²) in [5.41, 5.74) is 6.47. The molecular weight excluding hydrogens is 336 g/mol. The predicted octanol–water partition coefficient (Wildman–Crippen LogP) is 3.62. The molecule has 100 valence electrons. The second kappa shape index (κ2) is 5.79. The van der Waals surface area contributed by atoms with Gasteiger partial charge in [0.25, 0.3) is 0 Å². The van der Waals surface area contributed by atoms with Crippen LogP contribution in [0.2, 0.25) is 0 Å². The minimum absolute atomic E-state index is 0.0615. The number of anilines is 1. The van der Waals surface area contributed by atoms with Crippen molar-refractivity contribution in [2.45, 2.75) is 10.6 Å². The van der Waals surface area contributed by atoms with Crippen LogP contribution in [0.1, 0.15) is 5.56 Å². The Labute approximate surface area is 120 Å². The molecule has 0 aliphatic carbocycles. The lowest BCUT2D eigenvalue weighted by atomic mass is 10.2. The lowest BCUT2D eigenvalue weighted by Crippen LogP contribution is -2.02. The summed E-state index contributed by atoms with van der Waals surface area (Å²) in [6, 6.07) is 8.19. The number of hydrogen-bond acceptors (Lipinski definition) is 2. The Morgan fingerprint density at radius 1 is 1.21 bits per heavy atom. The SMILES string of the molecule is Nc1ccc(F)cc1S(=O)Cc1cccc(F)c1Br. The van der Waals surface area contributed by atoms with Crippen molar-refractivity contribution < 1.29 is 13.0 Å². The Balaban J connectivity index is 2.31. The van der Waals surface area contributed by atoms with Crippen LogP contribution in [0.3, 0.4) is 0 Å². The topological polar surface area (TPSA) is 43.1 Å². The van der Waals surface area contributed by atoms with E-state index < -0.39 is 22.4 Å². The second-order valence-corrected chi connectivity index (χ2v) is 6.10. The Kier molecular flexibility index (Phi) is 4.31. The first-order valence-corrected chi connectivity index (χ1v) is 7.46. The maximum Gasteiger partial charge on any atom is 0.137 e. The second-order valence-electron chi connectivity index (χ2n) is 3.88. The molecule has 0 aliphatic heterocycles. The third kappa shape index (κ3) is 3.19. The smallest absolute Gasteiger partial charge is 0.137 e. The van der Waals surface area contributed by atoms with Crippen molar-refractivity contribution in [1.29, 1.82) is 0 Å². The number of rotatable bonds is 3. The third-order valence-corrected chi connectivity index (χ3v) is 4.84. The predicted molar refractivity (Wildman–Crippen MR) is 75.0 cm³/mol. The van der Waals surface area contributed by atoms with Crippen molar-refractivity contribution in [2.75, 3.05) is 5.73 Å². The molecule has 2 rings (SSSR count). The van der Waals surface area contributed by atoms with Crippen LogP contribution in [-0.2, 0) is 16.6 Å². The van der Waals surface area contributed by atoms with Gasteiger partial charge in [0, 0.05) is 5.69 Å². The average Bonchev–Trinajstić information content (AvgIpc) is 2.38. The van der Waals surface area contributed by atoms with Gasteiger partial charge in [0.15, 0.2) is 0 Å². The first kappa shape index (κ1) is 14.1. The normalized spacial score (nSPS) is 12.4. The molecule has 2 aromatic carbocycles. The van der Waals surface area contributed by atoms with E-state index in [0.29, 0.717) is 5.56 Å². The Morgan fingerprint density at radius 2 is 1.95 bits per heavy atom. The highest BCUT2D eigenvalue weighted by atomic mass is 79.9. The molecular formula is C13H10BrF2NOS. The van der Waals surface area contributed by atoms with Crippen LogP contribution >= 0.6 is 15.9 Å². The molecule has 2 aromatic rings. The lowest BCUT2D eigenvalue weighted by molar-refractivity contribution is 0.618. The fourth-order valence-corrected chi connectivity index (χ4v) is 3.43. The van der Waals surface area contributed by atoms with Gasteiger partial charge in [-0.25, -0.2) is 8.78 Å². The Morgan fingerprint density at radius 3 is 2.68 bits per heavy atom. The van der Waals surface area contributed by atoms with Crippen LogP contribution in [-0.4, -0.2) is 4.21 Å². The van der Waals surface area contributed by atoms with Crippen LogP contribution in [0.15, 0.2) is 45.8 Å². The minimum Gasteiger partial charge on any atom is -0.398 e. The van der Waals surface area contributed by atoms with E-state index in [0.717, 1.165) is 6.07 Å². The Hall–Kier alpha value is -1.27. The zero-order valence-electron chi connectivity index (χ0n) is 9.70. The molecule has 6 heteroatoms. The van der Waals surface area contributed by atoms with Gasteiger partial charge >= 0.3 is 0 Å². The monoisotopic (exact) mass is 345 g/mol. The number of hydrogen-bond donors (Lipinski definition) is 1. The van der Waals surface area contributed by atoms with Gasteiger partial charge in [0.2, 0.25) is 0 Å². The van der Waals surface area contributed by atoms with Crippen LogP contribution in [0.5, 0.6) is 0 Å². The van der Waals surface area contributed by atoms with Crippen molar-refractivity contribution >= 4 is 32.4 Å². The summed E-state index contributed by atoms with van der Waals surface area (Å²) in [7, 11) is -1.54. The highest BCUT2D eigenvalue weighted by Crippen LogP contribution is 2.25. The zero-order chi connectivity index (χ0) is 14.0. The molecule has 0 bridgehead atoms. The molecule has 2 N–H and O–H groups in total. The van der Waals surface area contributed by atoms with Crippen LogP contribution in [0.4, 0.5) is 14.5 Å². The summed E-state index contributed by atoms with van der Waals surface area (Å²) in [4.78, 5) is 0.219. The van der Waals surface area contributed by atoms with Crippen LogP contribution in [0, 0.1) is 11.6 Å². The molecule has 1 unspecified atom stereocenters. The molecule has 0 radical (unpaired) electrons. The van der Waals surface area contributed by atoms with E-state index >= 15 is 0 Å². The summed E-state index contributed by atoms with van der Waals surface area (Å²) in [5.74, 6) is -0.871. The first-order valence-electron chi connectivity index (χ1n) is 5.35. The van der Waals surface area contributed by atoms with Crippen molar-refractivity contribution in [1.82, 2.24) is 0 Å². The summed E-state index contributed by atoms with van der Waals surface area (Å²) in [6.07, 6.45) is 0. The van der Waals surface area contributed by atoms with Gasteiger partial charge in [-0.05, 0) is 45.8 Å². The van der Waals surface area contributed by atoms with Gasteiger partial charge in [-0.2, -0.15) is 0 Å². The van der Waals surface area contributed by atoms with Gasteiger partial charge in [-0.1, -0.05) is 12.1 Å². The fraction of sp³-hybridized carbons (Fsp3) is 0.0769. The van der Waals surface area contributed by atoms with Crippen LogP contribution in [0.25, 0.3) is 0 Å². The van der Waals surface area contributed by atoms with Gasteiger partial charge < -0.3 is 5.73 Å². The largest absolute Gasteiger partial charge is 0.398 e. The van der Waals surface area contributed by atoms with Gasteiger partial charge in [-0.15, -0.1) is 0 Å². The summed E-state index contributed by atoms with van der Waals surface area (Å²) >= 11 is 3.10. The van der Waals surface area contributed by atoms with E-state index in [9.17, 15) is 13.0 Å². The fourth-order valence-electron chi connectivity index (χ4n) is 1.58. The summed E-state index contributed by atoms with van der Waals surface area (Å²) in [5, 5.41) is 0. The molecule has 19 heavy (non-hydrogen) atoms. The van der Waals surface area contributed by atoms with E-state index in [2.05, 4.69) is 15.9 Å². The zero-order valence-corrected chi connectivity index (χ0v) is 12.1. The molecule has 0 saturated carbocycles. The minimum atomic E-state index is -1.54. The number of benzene rings is 2. The molecule has 0 spiro atoms. The van der Waals surface area contributed by atoms with Gasteiger partial charge in [0.1, 0.15) is 11.6 Å². The summed E-state index contributed by atoms with van der Waals surface area (Å²) < 4.78 is 38.9. The van der Waals surface area contributed by atoms with Gasteiger partial charge in [-0.3, -0.25) is 4.21 Å². The van der Waals surface area contributed by atoms with E-state index in [1.807, 2.05) is 0 Å². The molecule has 1 atom stereocenters. The molecule has 0 amide bonds. The van der Waals surface area contributed by atoms with Crippen molar-refractivity contribution in [3.63, 3.8) is 0 Å². The van der Waals surface area contributed by atoms with Crippen molar-refractivity contribution in [3.05, 3.63) is 58.1 Å². The highest BCUT2D eigenvalue weighted by Gasteiger charge is 2.13. The summed E-state index contributed by atoms with van der Waals surface area (Å²) in [6.45, 7) is 0. The van der Waals surface area contributed by atoms with E-state index in [1.165, 1.54) is 24.3 Å². The standard InChI is InChI=1S/C13H10BrF2NOS/c14-13-8(2-1-3-10(13)16)7-19(18)12-6-9(15)4-5-11(12)17/h1-6H,7,17H2. The van der Waals surface area contributed by atoms with E-state index in [4.69, 9.17) is 5.73 Å². The molecule has 0 aliphatic rings. The highest BCUT2D eigenvalue weighted by molar-refractivity contribution is 9.10. The number of nitrogens with two attached hydrogens (primary N) is 1. The van der Waals surface area contributed by atoms with Gasteiger partial charge in [0.05, 0.1) is 25.9 Å². The lowest BCUT2D eigenvalue weighted by Gasteiger charge is -2.08. The Bertz CT molecular complexity index is 649. The number of halogens is 3. The third-order valence-electron chi connectivity index (χ3n) is 2.54. The van der Waals surface area contributed by atoms with Crippen molar-refractivity contribution in [3.8, 4) is 0 Å². The molecule has 2 nitrogen and oxygen atoms in total. The number of nitrogen functional groups attached to an aromatic ring is 1. The van der Waals surface area contributed by atoms with E-state index in [1.54, 1.807) is 6.07 Å². The molecule has 0 fully saturated rings. The molecule has 0 saturated heterocycles. The van der Waals surface area contributed by atoms with E-state index in [-0.39, 0.29) is 20.8 Å². The van der Waals surface area contributed by atoms with Crippen molar-refractivity contribution in [2.24, 2.45) is 0 Å². The average molecular weight is 346 g/mol. The maximum absolute atomic E-state index is 13.3. The molecule has 0 aromatic heterocycles. The maximum atomic E-state index is 13.3. The quantitative estimate of drug-likeness (QED) is 0.863. The molecule has 0 heterocycles. The van der Waals surface area contributed by atoms with Crippen LogP contribution < -0.4 is 5.73 Å².